The van der Waals surface area contributed by atoms with E-state index in [1.54, 1.807) is 36.7 Å². The van der Waals surface area contributed by atoms with Gasteiger partial charge in [0.25, 0.3) is 5.91 Å². The van der Waals surface area contributed by atoms with Crippen LogP contribution in [0.15, 0.2) is 54.9 Å². The first-order valence-electron chi connectivity index (χ1n) is 8.67. The van der Waals surface area contributed by atoms with Gasteiger partial charge in [0.05, 0.1) is 5.69 Å². The molecule has 0 radical (unpaired) electrons. The fourth-order valence-electron chi connectivity index (χ4n) is 2.90. The molecule has 0 bridgehead atoms. The maximum Gasteiger partial charge on any atom is 0.263 e. The summed E-state index contributed by atoms with van der Waals surface area (Å²) in [5.74, 6) is -0.158. The third kappa shape index (κ3) is 3.51. The summed E-state index contributed by atoms with van der Waals surface area (Å²) in [5.41, 5.74) is 2.55. The van der Waals surface area contributed by atoms with E-state index in [0.29, 0.717) is 11.5 Å². The highest BCUT2D eigenvalue weighted by Gasteiger charge is 2.51. The van der Waals surface area contributed by atoms with Gasteiger partial charge in [-0.1, -0.05) is 6.07 Å². The number of phenols is 1. The molecule has 4 rings (SSSR count). The van der Waals surface area contributed by atoms with E-state index < -0.39 is 11.6 Å². The molecule has 0 spiro atoms. The number of amides is 1. The van der Waals surface area contributed by atoms with Crippen LogP contribution in [0.3, 0.4) is 0 Å². The topological polar surface area (TPSA) is 75.1 Å². The Balaban J connectivity index is 1.65. The average molecular weight is 363 g/mol. The second-order valence-corrected chi connectivity index (χ2v) is 6.78. The molecule has 1 fully saturated rings. The number of nitrogens with zero attached hydrogens (tertiary/aromatic N) is 2. The zero-order chi connectivity index (χ0) is 19.0. The van der Waals surface area contributed by atoms with Gasteiger partial charge in [-0.3, -0.25) is 9.78 Å². The fraction of sp³-hybridized carbons (Fsp3) is 0.190. The van der Waals surface area contributed by atoms with E-state index in [-0.39, 0.29) is 18.6 Å². The van der Waals surface area contributed by atoms with Crippen LogP contribution in [0.25, 0.3) is 22.4 Å². The summed E-state index contributed by atoms with van der Waals surface area (Å²) < 4.78 is 13.8. The first-order chi connectivity index (χ1) is 12.9. The molecule has 0 saturated heterocycles. The standard InChI is InChI=1S/C21H18FN3O2/c1-13-2-3-16(26)12-17(13)14-4-8-23-18(10-14)15-5-9-24-19(11-15)25-20(27)21(22)6-7-21/h2-5,8-12,26H,6-7H2,1H3,(H,24,25,27). The Labute approximate surface area is 155 Å². The molecule has 2 N–H and O–H groups in total. The van der Waals surface area contributed by atoms with Gasteiger partial charge in [-0.15, -0.1) is 0 Å². The van der Waals surface area contributed by atoms with Gasteiger partial charge in [0.15, 0.2) is 5.67 Å². The molecule has 2 heterocycles. The number of aryl methyl sites for hydroxylation is 1. The lowest BCUT2D eigenvalue weighted by Crippen LogP contribution is -2.25. The molecular formula is C21H18FN3O2. The zero-order valence-corrected chi connectivity index (χ0v) is 14.7. The predicted molar refractivity (Wildman–Crippen MR) is 101 cm³/mol. The van der Waals surface area contributed by atoms with E-state index in [1.807, 2.05) is 25.1 Å². The number of rotatable bonds is 4. The van der Waals surface area contributed by atoms with Crippen molar-refractivity contribution in [1.82, 2.24) is 9.97 Å². The van der Waals surface area contributed by atoms with Crippen molar-refractivity contribution in [3.05, 3.63) is 60.4 Å². The lowest BCUT2D eigenvalue weighted by atomic mass is 9.99. The van der Waals surface area contributed by atoms with E-state index in [2.05, 4.69) is 15.3 Å². The van der Waals surface area contributed by atoms with Crippen molar-refractivity contribution in [1.29, 1.82) is 0 Å². The van der Waals surface area contributed by atoms with Crippen molar-refractivity contribution in [3.63, 3.8) is 0 Å². The minimum atomic E-state index is -1.75. The summed E-state index contributed by atoms with van der Waals surface area (Å²) >= 11 is 0. The maximum atomic E-state index is 13.8. The fourth-order valence-corrected chi connectivity index (χ4v) is 2.90. The highest BCUT2D eigenvalue weighted by molar-refractivity contribution is 5.98. The van der Waals surface area contributed by atoms with E-state index in [9.17, 15) is 14.3 Å². The molecule has 136 valence electrons. The number of benzene rings is 1. The van der Waals surface area contributed by atoms with Crippen LogP contribution in [-0.4, -0.2) is 26.7 Å². The Morgan fingerprint density at radius 1 is 1.07 bits per heavy atom. The van der Waals surface area contributed by atoms with Gasteiger partial charge in [-0.05, 0) is 72.9 Å². The smallest absolute Gasteiger partial charge is 0.263 e. The normalized spacial score (nSPS) is 14.6. The van der Waals surface area contributed by atoms with Gasteiger partial charge in [-0.2, -0.15) is 0 Å². The molecule has 1 aliphatic carbocycles. The monoisotopic (exact) mass is 363 g/mol. The predicted octanol–water partition coefficient (Wildman–Crippen LogP) is 4.27. The highest BCUT2D eigenvalue weighted by Crippen LogP contribution is 2.40. The summed E-state index contributed by atoms with van der Waals surface area (Å²) in [4.78, 5) is 20.4. The van der Waals surface area contributed by atoms with Crippen LogP contribution >= 0.6 is 0 Å². The van der Waals surface area contributed by atoms with Crippen LogP contribution in [0.5, 0.6) is 5.75 Å². The molecular weight excluding hydrogens is 345 g/mol. The molecule has 1 saturated carbocycles. The summed E-state index contributed by atoms with van der Waals surface area (Å²) in [7, 11) is 0. The maximum absolute atomic E-state index is 13.8. The molecule has 1 aliphatic rings. The number of alkyl halides is 1. The number of carbonyl (C=O) groups excluding carboxylic acids is 1. The van der Waals surface area contributed by atoms with Crippen LogP contribution in [0.4, 0.5) is 10.2 Å². The Morgan fingerprint density at radius 2 is 1.81 bits per heavy atom. The van der Waals surface area contributed by atoms with Gasteiger partial charge < -0.3 is 10.4 Å². The largest absolute Gasteiger partial charge is 0.508 e. The van der Waals surface area contributed by atoms with E-state index in [4.69, 9.17) is 0 Å². The number of anilines is 1. The van der Waals surface area contributed by atoms with Crippen LogP contribution < -0.4 is 5.32 Å². The number of phenolic OH excluding ortho intramolecular Hbond substituents is 1. The van der Waals surface area contributed by atoms with Gasteiger partial charge >= 0.3 is 0 Å². The Bertz CT molecular complexity index is 1030. The lowest BCUT2D eigenvalue weighted by molar-refractivity contribution is -0.122. The Hall–Kier alpha value is -3.28. The van der Waals surface area contributed by atoms with Crippen molar-refractivity contribution in [2.24, 2.45) is 0 Å². The average Bonchev–Trinajstić information content (AvgIpc) is 3.43. The van der Waals surface area contributed by atoms with Crippen molar-refractivity contribution < 1.29 is 14.3 Å². The molecule has 0 unspecified atom stereocenters. The van der Waals surface area contributed by atoms with Crippen molar-refractivity contribution in [2.45, 2.75) is 25.4 Å². The number of hydrogen-bond donors (Lipinski definition) is 2. The summed E-state index contributed by atoms with van der Waals surface area (Å²) in [6, 6.07) is 12.4. The Morgan fingerprint density at radius 3 is 2.59 bits per heavy atom. The van der Waals surface area contributed by atoms with Gasteiger partial charge in [-0.25, -0.2) is 9.37 Å². The van der Waals surface area contributed by atoms with Crippen LogP contribution in [0.2, 0.25) is 0 Å². The second-order valence-electron chi connectivity index (χ2n) is 6.78. The van der Waals surface area contributed by atoms with Gasteiger partial charge in [0.2, 0.25) is 0 Å². The summed E-state index contributed by atoms with van der Waals surface area (Å²) in [6.07, 6.45) is 3.75. The van der Waals surface area contributed by atoms with Gasteiger partial charge in [0.1, 0.15) is 11.6 Å². The van der Waals surface area contributed by atoms with E-state index >= 15 is 0 Å². The zero-order valence-electron chi connectivity index (χ0n) is 14.7. The quantitative estimate of drug-likeness (QED) is 0.726. The van der Waals surface area contributed by atoms with Crippen molar-refractivity contribution >= 4 is 11.7 Å². The van der Waals surface area contributed by atoms with E-state index in [0.717, 1.165) is 22.3 Å². The number of aromatic nitrogens is 2. The number of nitrogens with one attached hydrogen (secondary N) is 1. The minimum Gasteiger partial charge on any atom is -0.508 e. The summed E-state index contributed by atoms with van der Waals surface area (Å²) in [5, 5.41) is 12.3. The van der Waals surface area contributed by atoms with E-state index in [1.165, 1.54) is 0 Å². The number of aromatic hydroxyl groups is 1. The van der Waals surface area contributed by atoms with Crippen LogP contribution in [-0.2, 0) is 4.79 Å². The van der Waals surface area contributed by atoms with Crippen molar-refractivity contribution in [3.8, 4) is 28.1 Å². The molecule has 1 aromatic carbocycles. The molecule has 0 aliphatic heterocycles. The minimum absolute atomic E-state index is 0.197. The Kier molecular flexibility index (Phi) is 4.11. The second kappa shape index (κ2) is 6.46. The SMILES string of the molecule is Cc1ccc(O)cc1-c1ccnc(-c2ccnc(NC(=O)C3(F)CC3)c2)c1. The molecule has 2 aromatic heterocycles. The van der Waals surface area contributed by atoms with Crippen LogP contribution in [0.1, 0.15) is 18.4 Å². The number of pyridine rings is 2. The number of hydrogen-bond acceptors (Lipinski definition) is 4. The van der Waals surface area contributed by atoms with Gasteiger partial charge in [0, 0.05) is 18.0 Å². The highest BCUT2D eigenvalue weighted by atomic mass is 19.1. The third-order valence-electron chi connectivity index (χ3n) is 4.69. The molecule has 0 atom stereocenters. The molecule has 5 nitrogen and oxygen atoms in total. The molecule has 1 amide bonds. The first-order valence-corrected chi connectivity index (χ1v) is 8.67. The van der Waals surface area contributed by atoms with Crippen molar-refractivity contribution in [2.75, 3.05) is 5.32 Å². The first kappa shape index (κ1) is 17.1. The number of halogens is 1. The van der Waals surface area contributed by atoms with Crippen LogP contribution in [0, 0.1) is 6.92 Å². The molecule has 27 heavy (non-hydrogen) atoms. The number of carbonyl (C=O) groups is 1. The summed E-state index contributed by atoms with van der Waals surface area (Å²) in [6.45, 7) is 1.97. The lowest BCUT2D eigenvalue weighted by Gasteiger charge is -2.10. The molecule has 6 heteroatoms. The third-order valence-corrected chi connectivity index (χ3v) is 4.69. The molecule has 3 aromatic rings.